The normalized spacial score (nSPS) is 11.1. The fraction of sp³-hybridized carbons (Fsp3) is 0.462. The van der Waals surface area contributed by atoms with Crippen molar-refractivity contribution in [3.05, 3.63) is 24.0 Å². The molecule has 0 aliphatic carbocycles. The molecule has 17 heavy (non-hydrogen) atoms. The number of methoxy groups -OCH3 is 1. The largest absolute Gasteiger partial charge is 0.497 e. The Kier molecular flexibility index (Phi) is 3.33. The predicted octanol–water partition coefficient (Wildman–Crippen LogP) is 1.47. The summed E-state index contributed by atoms with van der Waals surface area (Å²) in [5.74, 6) is 1.79. The zero-order valence-electron chi connectivity index (χ0n) is 10.6. The van der Waals surface area contributed by atoms with Crippen LogP contribution in [0.15, 0.2) is 18.2 Å². The number of nitrogens with zero attached hydrogens (tertiary/aromatic N) is 2. The summed E-state index contributed by atoms with van der Waals surface area (Å²) >= 11 is 0. The molecule has 0 unspecified atom stereocenters. The SMILES string of the molecule is CCn1c(CO)[n+](CC)c2ccc(OC)cc21. The number of benzene rings is 1. The number of fused-ring (bicyclic) bond motifs is 1. The van der Waals surface area contributed by atoms with Crippen LogP contribution >= 0.6 is 0 Å². The molecule has 0 aliphatic rings. The fourth-order valence-electron chi connectivity index (χ4n) is 2.37. The van der Waals surface area contributed by atoms with Crippen molar-refractivity contribution in [1.29, 1.82) is 0 Å². The quantitative estimate of drug-likeness (QED) is 0.815. The van der Waals surface area contributed by atoms with E-state index in [4.69, 9.17) is 4.74 Å². The van der Waals surface area contributed by atoms with Crippen LogP contribution in [0.1, 0.15) is 19.7 Å². The van der Waals surface area contributed by atoms with Crippen LogP contribution in [0, 0.1) is 0 Å². The average Bonchev–Trinajstić information content (AvgIpc) is 2.69. The van der Waals surface area contributed by atoms with Gasteiger partial charge in [-0.1, -0.05) is 0 Å². The first-order chi connectivity index (χ1) is 8.26. The van der Waals surface area contributed by atoms with Gasteiger partial charge >= 0.3 is 0 Å². The lowest BCUT2D eigenvalue weighted by atomic mass is 10.3. The van der Waals surface area contributed by atoms with E-state index < -0.39 is 0 Å². The molecule has 0 aliphatic heterocycles. The van der Waals surface area contributed by atoms with Gasteiger partial charge in [0.15, 0.2) is 11.0 Å². The fourth-order valence-corrected chi connectivity index (χ4v) is 2.37. The standard InChI is InChI=1S/C13H19N2O2/c1-4-14-11-7-6-10(17-3)8-12(11)15(5-2)13(14)9-16/h6-8,16H,4-5,9H2,1-3H3/q+1. The topological polar surface area (TPSA) is 38.3 Å². The summed E-state index contributed by atoms with van der Waals surface area (Å²) in [5, 5.41) is 9.52. The number of aryl methyl sites for hydroxylation is 2. The van der Waals surface area contributed by atoms with Gasteiger partial charge in [-0.25, -0.2) is 9.13 Å². The Bertz CT molecular complexity index is 532. The van der Waals surface area contributed by atoms with Crippen LogP contribution in [0.3, 0.4) is 0 Å². The molecule has 0 saturated carbocycles. The Labute approximate surface area is 101 Å². The van der Waals surface area contributed by atoms with Gasteiger partial charge < -0.3 is 9.84 Å². The number of aromatic nitrogens is 2. The summed E-state index contributed by atoms with van der Waals surface area (Å²) in [6.45, 7) is 5.91. The van der Waals surface area contributed by atoms with E-state index >= 15 is 0 Å². The molecular formula is C13H19N2O2+. The molecule has 92 valence electrons. The van der Waals surface area contributed by atoms with Gasteiger partial charge in [-0.2, -0.15) is 0 Å². The summed E-state index contributed by atoms with van der Waals surface area (Å²) in [6.07, 6.45) is 0. The molecule has 0 radical (unpaired) electrons. The zero-order chi connectivity index (χ0) is 12.4. The highest BCUT2D eigenvalue weighted by Gasteiger charge is 2.22. The van der Waals surface area contributed by atoms with E-state index in [0.29, 0.717) is 0 Å². The van der Waals surface area contributed by atoms with E-state index in [1.165, 1.54) is 0 Å². The molecule has 0 amide bonds. The molecular weight excluding hydrogens is 216 g/mol. The third-order valence-corrected chi connectivity index (χ3v) is 3.16. The van der Waals surface area contributed by atoms with Gasteiger partial charge in [-0.15, -0.1) is 0 Å². The van der Waals surface area contributed by atoms with Gasteiger partial charge in [0.25, 0.3) is 5.82 Å². The number of imidazole rings is 1. The van der Waals surface area contributed by atoms with E-state index in [2.05, 4.69) is 23.0 Å². The lowest BCUT2D eigenvalue weighted by Crippen LogP contribution is -2.36. The molecule has 0 bridgehead atoms. The van der Waals surface area contributed by atoms with Crippen LogP contribution in [0.25, 0.3) is 11.0 Å². The number of ether oxygens (including phenoxy) is 1. The van der Waals surface area contributed by atoms with E-state index in [1.807, 2.05) is 18.2 Å². The first-order valence-corrected chi connectivity index (χ1v) is 5.96. The maximum Gasteiger partial charge on any atom is 0.283 e. The van der Waals surface area contributed by atoms with Crippen molar-refractivity contribution in [1.82, 2.24) is 4.57 Å². The van der Waals surface area contributed by atoms with Crippen LogP contribution in [-0.4, -0.2) is 16.8 Å². The molecule has 0 atom stereocenters. The van der Waals surface area contributed by atoms with E-state index in [0.717, 1.165) is 35.7 Å². The Morgan fingerprint density at radius 2 is 2.12 bits per heavy atom. The van der Waals surface area contributed by atoms with Gasteiger partial charge in [0.05, 0.1) is 20.2 Å². The smallest absolute Gasteiger partial charge is 0.283 e. The lowest BCUT2D eigenvalue weighted by molar-refractivity contribution is -0.678. The second-order valence-corrected chi connectivity index (χ2v) is 3.92. The number of hydrogen-bond acceptors (Lipinski definition) is 2. The first-order valence-electron chi connectivity index (χ1n) is 5.96. The summed E-state index contributed by atoms with van der Waals surface area (Å²) in [5.41, 5.74) is 2.25. The Hall–Kier alpha value is -1.55. The van der Waals surface area contributed by atoms with Crippen molar-refractivity contribution < 1.29 is 14.4 Å². The van der Waals surface area contributed by atoms with Gasteiger partial charge in [0, 0.05) is 6.07 Å². The highest BCUT2D eigenvalue weighted by atomic mass is 16.5. The Morgan fingerprint density at radius 3 is 2.65 bits per heavy atom. The summed E-state index contributed by atoms with van der Waals surface area (Å²) in [7, 11) is 1.67. The molecule has 1 heterocycles. The molecule has 0 spiro atoms. The molecule has 1 aromatic heterocycles. The minimum absolute atomic E-state index is 0.0542. The summed E-state index contributed by atoms with van der Waals surface area (Å²) in [4.78, 5) is 0. The number of aliphatic hydroxyl groups is 1. The number of hydrogen-bond donors (Lipinski definition) is 1. The highest BCUT2D eigenvalue weighted by Crippen LogP contribution is 2.21. The van der Waals surface area contributed by atoms with Crippen molar-refractivity contribution in [3.63, 3.8) is 0 Å². The van der Waals surface area contributed by atoms with E-state index in [-0.39, 0.29) is 6.61 Å². The summed E-state index contributed by atoms with van der Waals surface area (Å²) < 4.78 is 9.52. The van der Waals surface area contributed by atoms with Crippen LogP contribution in [0.2, 0.25) is 0 Å². The van der Waals surface area contributed by atoms with Crippen molar-refractivity contribution in [2.24, 2.45) is 0 Å². The maximum absolute atomic E-state index is 9.52. The van der Waals surface area contributed by atoms with Crippen LogP contribution < -0.4 is 9.30 Å². The third-order valence-electron chi connectivity index (χ3n) is 3.16. The molecule has 0 fully saturated rings. The van der Waals surface area contributed by atoms with Gasteiger partial charge in [-0.05, 0) is 26.0 Å². The predicted molar refractivity (Wildman–Crippen MR) is 66.0 cm³/mol. The van der Waals surface area contributed by atoms with Crippen LogP contribution in [0.5, 0.6) is 5.75 Å². The van der Waals surface area contributed by atoms with Gasteiger partial charge in [0.1, 0.15) is 12.4 Å². The van der Waals surface area contributed by atoms with Gasteiger partial charge in [0.2, 0.25) is 0 Å². The van der Waals surface area contributed by atoms with Crippen LogP contribution in [0.4, 0.5) is 0 Å². The second-order valence-electron chi connectivity index (χ2n) is 3.92. The molecule has 2 aromatic rings. The van der Waals surface area contributed by atoms with Crippen molar-refractivity contribution >= 4 is 11.0 Å². The second kappa shape index (κ2) is 4.75. The molecule has 1 aromatic carbocycles. The molecule has 4 heteroatoms. The summed E-state index contributed by atoms with van der Waals surface area (Å²) in [6, 6.07) is 6.02. The number of aliphatic hydroxyl groups excluding tert-OH is 1. The Balaban J connectivity index is 2.78. The molecule has 0 saturated heterocycles. The molecule has 4 nitrogen and oxygen atoms in total. The minimum atomic E-state index is 0.0542. The zero-order valence-corrected chi connectivity index (χ0v) is 10.6. The maximum atomic E-state index is 9.52. The third kappa shape index (κ3) is 1.78. The Morgan fingerprint density at radius 1 is 1.35 bits per heavy atom. The van der Waals surface area contributed by atoms with Crippen molar-refractivity contribution in [2.75, 3.05) is 7.11 Å². The monoisotopic (exact) mass is 235 g/mol. The van der Waals surface area contributed by atoms with Crippen LogP contribution in [-0.2, 0) is 19.7 Å². The first kappa shape index (κ1) is 11.9. The molecule has 1 N–H and O–H groups in total. The molecule has 2 rings (SSSR count). The van der Waals surface area contributed by atoms with Crippen molar-refractivity contribution in [3.8, 4) is 5.75 Å². The van der Waals surface area contributed by atoms with E-state index in [1.54, 1.807) is 7.11 Å². The lowest BCUT2D eigenvalue weighted by Gasteiger charge is -1.98. The average molecular weight is 235 g/mol. The highest BCUT2D eigenvalue weighted by molar-refractivity contribution is 5.74. The number of rotatable bonds is 4. The van der Waals surface area contributed by atoms with E-state index in [9.17, 15) is 5.11 Å². The van der Waals surface area contributed by atoms with Gasteiger partial charge in [-0.3, -0.25) is 0 Å². The van der Waals surface area contributed by atoms with Crippen molar-refractivity contribution in [2.45, 2.75) is 33.5 Å². The minimum Gasteiger partial charge on any atom is -0.497 e.